The van der Waals surface area contributed by atoms with Gasteiger partial charge in [0, 0.05) is 34.9 Å². The molecule has 3 nitrogen and oxygen atoms in total. The van der Waals surface area contributed by atoms with Gasteiger partial charge in [0.1, 0.15) is 5.75 Å². The van der Waals surface area contributed by atoms with Gasteiger partial charge in [-0.3, -0.25) is 0 Å². The van der Waals surface area contributed by atoms with E-state index in [2.05, 4.69) is 10.3 Å². The van der Waals surface area contributed by atoms with E-state index in [1.807, 2.05) is 26.8 Å². The summed E-state index contributed by atoms with van der Waals surface area (Å²) in [4.78, 5) is 4.34. The molecular formula is C19H23F3N2OS. The number of unbranched alkanes of at least 4 members (excludes halogenated alkanes) is 1. The number of pyridine rings is 1. The van der Waals surface area contributed by atoms with Gasteiger partial charge in [0.05, 0.1) is 11.3 Å². The van der Waals surface area contributed by atoms with Crippen LogP contribution in [0.2, 0.25) is 0 Å². The first-order chi connectivity index (χ1) is 12.1. The Morgan fingerprint density at radius 1 is 1.35 bits per heavy atom. The van der Waals surface area contributed by atoms with E-state index in [0.717, 1.165) is 30.2 Å². The number of aromatic nitrogens is 1. The molecule has 1 aromatic heterocycles. The summed E-state index contributed by atoms with van der Waals surface area (Å²) in [6.45, 7) is 6.04. The summed E-state index contributed by atoms with van der Waals surface area (Å²) in [6, 6.07) is 0.976. The summed E-state index contributed by atoms with van der Waals surface area (Å²) in [5.41, 5.74) is 1.25. The maximum absolute atomic E-state index is 13.6. The van der Waals surface area contributed by atoms with E-state index < -0.39 is 22.9 Å². The highest BCUT2D eigenvalue weighted by atomic mass is 32.2. The van der Waals surface area contributed by atoms with Gasteiger partial charge in [0.15, 0.2) is 0 Å². The van der Waals surface area contributed by atoms with E-state index in [1.165, 1.54) is 0 Å². The van der Waals surface area contributed by atoms with Crippen LogP contribution in [-0.4, -0.2) is 20.8 Å². The third-order valence-electron chi connectivity index (χ3n) is 4.68. The summed E-state index contributed by atoms with van der Waals surface area (Å²) >= 11 is -1.53. The zero-order valence-corrected chi connectivity index (χ0v) is 16.0. The molecule has 0 saturated heterocycles. The van der Waals surface area contributed by atoms with Crippen molar-refractivity contribution in [3.05, 3.63) is 40.2 Å². The Morgan fingerprint density at radius 3 is 2.73 bits per heavy atom. The number of nitrogens with one attached hydrogen (secondary N) is 1. The maximum atomic E-state index is 13.6. The van der Waals surface area contributed by atoms with Crippen molar-refractivity contribution >= 4 is 17.3 Å². The molecule has 2 heterocycles. The number of rotatable bonds is 4. The van der Waals surface area contributed by atoms with Crippen LogP contribution in [0.1, 0.15) is 56.9 Å². The SMILES string of the molecule is CCCC[S+]([O-])c1cc(C(F)(F)F)c2c(n1)C=C1NC(C)(C)CC=C1C2. The van der Waals surface area contributed by atoms with Crippen LogP contribution in [0.3, 0.4) is 0 Å². The molecule has 1 aliphatic heterocycles. The predicted molar refractivity (Wildman–Crippen MR) is 97.0 cm³/mol. The highest BCUT2D eigenvalue weighted by Gasteiger charge is 2.39. The van der Waals surface area contributed by atoms with Gasteiger partial charge in [0.25, 0.3) is 0 Å². The van der Waals surface area contributed by atoms with Gasteiger partial charge in [-0.05, 0) is 43.9 Å². The molecule has 3 rings (SSSR count). The van der Waals surface area contributed by atoms with Gasteiger partial charge in [0.2, 0.25) is 5.03 Å². The third kappa shape index (κ3) is 3.93. The molecule has 0 aromatic carbocycles. The van der Waals surface area contributed by atoms with Gasteiger partial charge in [-0.1, -0.05) is 19.4 Å². The first-order valence-corrected chi connectivity index (χ1v) is 10.1. The van der Waals surface area contributed by atoms with Crippen LogP contribution in [0, 0.1) is 0 Å². The van der Waals surface area contributed by atoms with Crippen molar-refractivity contribution in [3.8, 4) is 0 Å². The van der Waals surface area contributed by atoms with Crippen LogP contribution in [0.15, 0.2) is 28.4 Å². The molecule has 142 valence electrons. The Morgan fingerprint density at radius 2 is 2.08 bits per heavy atom. The summed E-state index contributed by atoms with van der Waals surface area (Å²) in [5, 5.41) is 3.39. The van der Waals surface area contributed by atoms with Gasteiger partial charge < -0.3 is 9.87 Å². The summed E-state index contributed by atoms with van der Waals surface area (Å²) in [5.74, 6) is 0.326. The van der Waals surface area contributed by atoms with Crippen LogP contribution in [0.25, 0.3) is 6.08 Å². The van der Waals surface area contributed by atoms with E-state index in [-0.39, 0.29) is 28.2 Å². The van der Waals surface area contributed by atoms with Crippen molar-refractivity contribution in [1.29, 1.82) is 0 Å². The Labute approximate surface area is 155 Å². The minimum atomic E-state index is -4.50. The van der Waals surface area contributed by atoms with Gasteiger partial charge in [-0.25, -0.2) is 4.98 Å². The second kappa shape index (κ2) is 6.93. The third-order valence-corrected chi connectivity index (χ3v) is 6.02. The minimum Gasteiger partial charge on any atom is -0.610 e. The van der Waals surface area contributed by atoms with E-state index in [4.69, 9.17) is 0 Å². The molecule has 0 bridgehead atoms. The number of halogens is 3. The highest BCUT2D eigenvalue weighted by Crippen LogP contribution is 2.40. The summed E-state index contributed by atoms with van der Waals surface area (Å²) in [7, 11) is 0. The smallest absolute Gasteiger partial charge is 0.417 e. The summed E-state index contributed by atoms with van der Waals surface area (Å²) in [6.07, 6.45) is 1.64. The zero-order valence-electron chi connectivity index (χ0n) is 15.2. The maximum Gasteiger partial charge on any atom is 0.417 e. The molecule has 1 unspecified atom stereocenters. The number of hydrogen-bond acceptors (Lipinski definition) is 3. The first kappa shape index (κ1) is 19.3. The molecular weight excluding hydrogens is 361 g/mol. The van der Waals surface area contributed by atoms with Gasteiger partial charge in [-0.2, -0.15) is 13.2 Å². The molecule has 1 atom stereocenters. The van der Waals surface area contributed by atoms with Crippen molar-refractivity contribution in [2.45, 2.75) is 63.2 Å². The van der Waals surface area contributed by atoms with Crippen LogP contribution >= 0.6 is 0 Å². The molecule has 2 aliphatic rings. The average molecular weight is 384 g/mol. The van der Waals surface area contributed by atoms with Crippen LogP contribution in [-0.2, 0) is 23.8 Å². The second-order valence-electron chi connectivity index (χ2n) is 7.45. The monoisotopic (exact) mass is 384 g/mol. The molecule has 0 spiro atoms. The number of alkyl halides is 3. The molecule has 1 aliphatic carbocycles. The molecule has 0 fully saturated rings. The normalized spacial score (nSPS) is 19.7. The number of fused-ring (bicyclic) bond motifs is 2. The average Bonchev–Trinajstić information content (AvgIpc) is 2.55. The Bertz CT molecular complexity index is 769. The number of allylic oxidation sites excluding steroid dienone is 1. The molecule has 0 amide bonds. The van der Waals surface area contributed by atoms with Gasteiger partial charge in [-0.15, -0.1) is 0 Å². The molecule has 26 heavy (non-hydrogen) atoms. The number of hydrogen-bond donors (Lipinski definition) is 1. The molecule has 1 aromatic rings. The van der Waals surface area contributed by atoms with Crippen LogP contribution in [0.4, 0.5) is 13.2 Å². The van der Waals surface area contributed by atoms with E-state index >= 15 is 0 Å². The van der Waals surface area contributed by atoms with Crippen molar-refractivity contribution in [2.75, 3.05) is 5.75 Å². The van der Waals surface area contributed by atoms with Crippen molar-refractivity contribution in [3.63, 3.8) is 0 Å². The molecule has 7 heteroatoms. The predicted octanol–water partition coefficient (Wildman–Crippen LogP) is 4.60. The minimum absolute atomic E-state index is 0.0175. The number of nitrogens with zero attached hydrogens (tertiary/aromatic N) is 1. The fraction of sp³-hybridized carbons (Fsp3) is 0.526. The fourth-order valence-electron chi connectivity index (χ4n) is 3.23. The standard InChI is InChI=1S/C19H23F3N2OS/c1-4-5-8-26(25)17-10-14(19(20,21)22)13-9-12-6-7-18(2,3)24-15(12)11-16(13)23-17/h6,10-11,24H,4-5,7-9H2,1-3H3. The van der Waals surface area contributed by atoms with Crippen LogP contribution in [0.5, 0.6) is 0 Å². The molecule has 1 N–H and O–H groups in total. The molecule has 0 saturated carbocycles. The van der Waals surface area contributed by atoms with E-state index in [1.54, 1.807) is 6.08 Å². The Hall–Kier alpha value is -1.47. The zero-order chi connectivity index (χ0) is 19.1. The first-order valence-electron chi connectivity index (χ1n) is 8.79. The second-order valence-corrected chi connectivity index (χ2v) is 8.97. The lowest BCUT2D eigenvalue weighted by atomic mass is 9.84. The van der Waals surface area contributed by atoms with Gasteiger partial charge >= 0.3 is 6.18 Å². The topological polar surface area (TPSA) is 48.0 Å². The Balaban J connectivity index is 2.08. The lowest BCUT2D eigenvalue weighted by Gasteiger charge is -2.36. The quantitative estimate of drug-likeness (QED) is 0.772. The fourth-order valence-corrected chi connectivity index (χ4v) is 4.44. The van der Waals surface area contributed by atoms with Crippen molar-refractivity contribution in [2.24, 2.45) is 0 Å². The van der Waals surface area contributed by atoms with Crippen molar-refractivity contribution < 1.29 is 17.7 Å². The Kier molecular flexibility index (Phi) is 5.14. The summed E-state index contributed by atoms with van der Waals surface area (Å²) < 4.78 is 53.3. The highest BCUT2D eigenvalue weighted by molar-refractivity contribution is 7.91. The molecule has 0 radical (unpaired) electrons. The van der Waals surface area contributed by atoms with E-state index in [9.17, 15) is 17.7 Å². The van der Waals surface area contributed by atoms with E-state index in [0.29, 0.717) is 12.2 Å². The lowest BCUT2D eigenvalue weighted by Crippen LogP contribution is -2.42. The largest absolute Gasteiger partial charge is 0.610 e. The van der Waals surface area contributed by atoms with Crippen molar-refractivity contribution in [1.82, 2.24) is 10.3 Å². The lowest BCUT2D eigenvalue weighted by molar-refractivity contribution is -0.138. The van der Waals surface area contributed by atoms with Crippen LogP contribution < -0.4 is 5.32 Å².